The Kier molecular flexibility index (Phi) is 3.47. The Labute approximate surface area is 125 Å². The van der Waals surface area contributed by atoms with Gasteiger partial charge in [0.2, 0.25) is 0 Å². The molecule has 0 saturated heterocycles. The first-order valence-electron chi connectivity index (χ1n) is 7.39. The van der Waals surface area contributed by atoms with E-state index < -0.39 is 0 Å². The van der Waals surface area contributed by atoms with E-state index in [0.717, 1.165) is 41.5 Å². The first-order valence-corrected chi connectivity index (χ1v) is 7.39. The Morgan fingerprint density at radius 1 is 1.33 bits per heavy atom. The Hall–Kier alpha value is -2.21. The van der Waals surface area contributed by atoms with Crippen LogP contribution >= 0.6 is 0 Å². The molecular formula is C18H18N2O. The molecule has 0 amide bonds. The maximum Gasteiger partial charge on any atom is 0.177 e. The van der Waals surface area contributed by atoms with Crippen LogP contribution in [0.5, 0.6) is 0 Å². The first-order chi connectivity index (χ1) is 10.2. The zero-order chi connectivity index (χ0) is 15.0. The van der Waals surface area contributed by atoms with Gasteiger partial charge in [-0.05, 0) is 54.0 Å². The molecule has 2 aliphatic rings. The molecule has 3 nitrogen and oxygen atoms in total. The minimum Gasteiger partial charge on any atom is -0.296 e. The molecule has 1 saturated carbocycles. The van der Waals surface area contributed by atoms with Gasteiger partial charge in [-0.2, -0.15) is 5.26 Å². The molecule has 0 radical (unpaired) electrons. The zero-order valence-electron chi connectivity index (χ0n) is 12.4. The fourth-order valence-electron chi connectivity index (χ4n) is 3.68. The molecule has 0 heterocycles. The molecule has 3 heteroatoms. The van der Waals surface area contributed by atoms with Gasteiger partial charge in [0.1, 0.15) is 6.07 Å². The highest BCUT2D eigenvalue weighted by Crippen LogP contribution is 2.49. The molecule has 0 N–H and O–H groups in total. The van der Waals surface area contributed by atoms with E-state index in [1.165, 1.54) is 0 Å². The Bertz CT molecular complexity index is 706. The number of carbonyl (C=O) groups is 1. The number of aliphatic imine (C=N–C) groups is 1. The van der Waals surface area contributed by atoms with Gasteiger partial charge in [-0.3, -0.25) is 9.79 Å². The van der Waals surface area contributed by atoms with E-state index in [2.05, 4.69) is 17.1 Å². The maximum atomic E-state index is 12.4. The first kappa shape index (κ1) is 13.8. The highest BCUT2D eigenvalue weighted by atomic mass is 16.1. The van der Waals surface area contributed by atoms with E-state index in [0.29, 0.717) is 5.57 Å². The number of hydrogen-bond donors (Lipinski definition) is 0. The zero-order valence-corrected chi connectivity index (χ0v) is 12.4. The van der Waals surface area contributed by atoms with E-state index in [1.807, 2.05) is 25.3 Å². The standard InChI is InChI=1S/C18H18N2O/c1-11-6-7-12(8-13(11)10-20-2)17-14-4-3-5-15(14)18(21)16(17)9-19/h6-8,10,14-15H,3-5H2,1-2H3. The number of Topliss-reactive ketones (excluding diaryl/α,β-unsaturated/α-hetero) is 1. The van der Waals surface area contributed by atoms with Gasteiger partial charge in [0.25, 0.3) is 0 Å². The summed E-state index contributed by atoms with van der Waals surface area (Å²) in [7, 11) is 1.75. The second-order valence-electron chi connectivity index (χ2n) is 5.87. The monoisotopic (exact) mass is 278 g/mol. The molecule has 2 atom stereocenters. The largest absolute Gasteiger partial charge is 0.296 e. The minimum absolute atomic E-state index is 0.0410. The lowest BCUT2D eigenvalue weighted by Gasteiger charge is -2.14. The Morgan fingerprint density at radius 2 is 2.10 bits per heavy atom. The number of allylic oxidation sites excluding steroid dienone is 2. The van der Waals surface area contributed by atoms with Crippen LogP contribution in [0.25, 0.3) is 5.57 Å². The lowest BCUT2D eigenvalue weighted by atomic mass is 9.89. The molecule has 0 spiro atoms. The summed E-state index contributed by atoms with van der Waals surface area (Å²) in [4.78, 5) is 16.5. The fraction of sp³-hybridized carbons (Fsp3) is 0.389. The van der Waals surface area contributed by atoms with Crippen molar-refractivity contribution in [3.05, 3.63) is 40.5 Å². The molecule has 0 bridgehead atoms. The predicted molar refractivity (Wildman–Crippen MR) is 83.1 cm³/mol. The Balaban J connectivity index is 2.14. The molecule has 1 aromatic carbocycles. The summed E-state index contributed by atoms with van der Waals surface area (Å²) in [6.07, 6.45) is 4.85. The Morgan fingerprint density at radius 3 is 2.81 bits per heavy atom. The van der Waals surface area contributed by atoms with Gasteiger partial charge in [0.05, 0.1) is 5.57 Å². The summed E-state index contributed by atoms with van der Waals surface area (Å²) in [5.74, 6) is 0.335. The van der Waals surface area contributed by atoms with Crippen LogP contribution in [0.15, 0.2) is 28.8 Å². The molecule has 2 aliphatic carbocycles. The molecule has 2 unspecified atom stereocenters. The lowest BCUT2D eigenvalue weighted by Crippen LogP contribution is -2.11. The van der Waals surface area contributed by atoms with Crippen molar-refractivity contribution < 1.29 is 4.79 Å². The molecule has 3 rings (SSSR count). The molecule has 0 aliphatic heterocycles. The third-order valence-electron chi connectivity index (χ3n) is 4.71. The van der Waals surface area contributed by atoms with Crippen molar-refractivity contribution >= 4 is 17.6 Å². The van der Waals surface area contributed by atoms with Crippen LogP contribution in [0, 0.1) is 30.1 Å². The SMILES string of the molecule is CN=Cc1cc(C2=C(C#N)C(=O)C3CCCC23)ccc1C. The molecule has 21 heavy (non-hydrogen) atoms. The van der Waals surface area contributed by atoms with E-state index in [9.17, 15) is 10.1 Å². The van der Waals surface area contributed by atoms with Crippen molar-refractivity contribution in [3.8, 4) is 6.07 Å². The summed E-state index contributed by atoms with van der Waals surface area (Å²) in [6, 6.07) is 8.29. The van der Waals surface area contributed by atoms with Gasteiger partial charge in [-0.15, -0.1) is 0 Å². The second kappa shape index (κ2) is 5.29. The van der Waals surface area contributed by atoms with E-state index in [-0.39, 0.29) is 17.6 Å². The highest BCUT2D eigenvalue weighted by Gasteiger charge is 2.44. The van der Waals surface area contributed by atoms with Crippen molar-refractivity contribution in [2.75, 3.05) is 7.05 Å². The van der Waals surface area contributed by atoms with Crippen molar-refractivity contribution in [2.45, 2.75) is 26.2 Å². The van der Waals surface area contributed by atoms with Crippen LogP contribution < -0.4 is 0 Å². The number of hydrogen-bond acceptors (Lipinski definition) is 3. The van der Waals surface area contributed by atoms with Gasteiger partial charge < -0.3 is 0 Å². The van der Waals surface area contributed by atoms with Crippen LogP contribution in [-0.2, 0) is 4.79 Å². The van der Waals surface area contributed by atoms with Crippen molar-refractivity contribution in [1.29, 1.82) is 5.26 Å². The van der Waals surface area contributed by atoms with Crippen molar-refractivity contribution in [2.24, 2.45) is 16.8 Å². The van der Waals surface area contributed by atoms with Crippen molar-refractivity contribution in [1.82, 2.24) is 0 Å². The number of ketones is 1. The highest BCUT2D eigenvalue weighted by molar-refractivity contribution is 6.13. The number of nitrogens with zero attached hydrogens (tertiary/aromatic N) is 2. The summed E-state index contributed by atoms with van der Waals surface area (Å²) < 4.78 is 0. The molecular weight excluding hydrogens is 260 g/mol. The van der Waals surface area contributed by atoms with E-state index in [4.69, 9.17) is 0 Å². The lowest BCUT2D eigenvalue weighted by molar-refractivity contribution is -0.118. The topological polar surface area (TPSA) is 53.2 Å². The average molecular weight is 278 g/mol. The molecule has 106 valence electrons. The smallest absolute Gasteiger partial charge is 0.177 e. The number of rotatable bonds is 2. The predicted octanol–water partition coefficient (Wildman–Crippen LogP) is 3.32. The number of nitriles is 1. The fourth-order valence-corrected chi connectivity index (χ4v) is 3.68. The van der Waals surface area contributed by atoms with Crippen molar-refractivity contribution in [3.63, 3.8) is 0 Å². The van der Waals surface area contributed by atoms with E-state index in [1.54, 1.807) is 7.05 Å². The molecule has 0 aromatic heterocycles. The van der Waals surface area contributed by atoms with Gasteiger partial charge in [0, 0.05) is 19.2 Å². The molecule has 1 aromatic rings. The second-order valence-corrected chi connectivity index (χ2v) is 5.87. The summed E-state index contributed by atoms with van der Waals surface area (Å²) >= 11 is 0. The quantitative estimate of drug-likeness (QED) is 0.779. The normalized spacial score (nSPS) is 24.7. The minimum atomic E-state index is 0.0410. The van der Waals surface area contributed by atoms with E-state index >= 15 is 0 Å². The average Bonchev–Trinajstić information content (AvgIpc) is 3.04. The number of aryl methyl sites for hydroxylation is 1. The van der Waals surface area contributed by atoms with Crippen LogP contribution in [0.3, 0.4) is 0 Å². The van der Waals surface area contributed by atoms with Gasteiger partial charge in [0.15, 0.2) is 5.78 Å². The van der Waals surface area contributed by atoms with Crippen LogP contribution in [0.4, 0.5) is 0 Å². The van der Waals surface area contributed by atoms with Gasteiger partial charge >= 0.3 is 0 Å². The third-order valence-corrected chi connectivity index (χ3v) is 4.71. The number of carbonyl (C=O) groups excluding carboxylic acids is 1. The maximum absolute atomic E-state index is 12.4. The number of fused-ring (bicyclic) bond motifs is 1. The third kappa shape index (κ3) is 2.12. The number of benzene rings is 1. The summed E-state index contributed by atoms with van der Waals surface area (Å²) in [5.41, 5.74) is 4.56. The summed E-state index contributed by atoms with van der Waals surface area (Å²) in [5, 5.41) is 9.40. The van der Waals surface area contributed by atoms with Gasteiger partial charge in [-0.25, -0.2) is 0 Å². The summed E-state index contributed by atoms with van der Waals surface area (Å²) in [6.45, 7) is 2.04. The van der Waals surface area contributed by atoms with Gasteiger partial charge in [-0.1, -0.05) is 18.6 Å². The van der Waals surface area contributed by atoms with Crippen LogP contribution in [-0.4, -0.2) is 19.0 Å². The van der Waals surface area contributed by atoms with Crippen LogP contribution in [0.1, 0.15) is 36.0 Å². The molecule has 1 fully saturated rings. The van der Waals surface area contributed by atoms with Crippen LogP contribution in [0.2, 0.25) is 0 Å².